The van der Waals surface area contributed by atoms with E-state index in [-0.39, 0.29) is 38.6 Å². The molecule has 60 heteroatoms. The van der Waals surface area contributed by atoms with Crippen LogP contribution in [-0.2, 0) is 119 Å². The average Bonchev–Trinajstić information content (AvgIpc) is 0.851. The molecule has 46 N–H and O–H groups in total. The van der Waals surface area contributed by atoms with E-state index < -0.39 is 323 Å². The number of rotatable bonds is 32. The van der Waals surface area contributed by atoms with Gasteiger partial charge >= 0.3 is 0 Å². The Labute approximate surface area is 719 Å². The smallest absolute Gasteiger partial charge is 0.249 e. The summed E-state index contributed by atoms with van der Waals surface area (Å²) in [5, 5.41) is 227. The standard InChI is InChI=1S/3C10H18N2O7.C10H19NO6.C9H16N2O8.2C9H17NO7/c3*1-2-3(8(11)16)18-10-6(15)4(13)5(14)7(19-10)9(12)17;1-3-4(2)16-10-7(14)5(12)6(13)8(17-10)9(11)15;10-7(16)2(1-12)18-9-5(15)3(13)4(14)6(19-9)8(11)17;2*1-3(2-11)16-9-6(14)4(12)5(13)7(17-9)8(10)15/h3*3-7,10,13-15H,2H2,1H3,(H2,11,16)(H2,12,17);4-8,10,12-14H,3H2,1-2H3,(H2,11,15);2-6,9,12-15H,1H2,(H2,10,16)(H2,11,17);2*3-7,9,11-14H,2H2,1H3,(H2,10,15)/t3?,4?,5-,6+,7?,10+;2*3?,4?,5-,6+,7?,10-;4?,5?,6-,7+,8?,10+;2?,3?,4-,5-,6?,9+;3?,4?,5-,6+,7?,9+;3?,4?,5-,6+,7?,9-/m0110001/s1. The molecule has 740 valence electrons. The number of ether oxygens (including phenoxy) is 14. The first-order valence-corrected chi connectivity index (χ1v) is 38.3. The number of primary amides is 11. The number of aliphatic hydroxyl groups excluding tert-OH is 24. The maximum absolute atomic E-state index is 11.0. The van der Waals surface area contributed by atoms with Crippen LogP contribution in [-0.4, -0.2) is 465 Å². The molecular formula is C67H123N11O49. The Morgan fingerprint density at radius 2 is 0.354 bits per heavy atom. The number of aliphatic hydroxyl groups is 24. The fourth-order valence-electron chi connectivity index (χ4n) is 11.2. The van der Waals surface area contributed by atoms with Gasteiger partial charge in [-0.05, 0) is 46.5 Å². The number of carbonyl (C=O) groups is 11. The lowest BCUT2D eigenvalue weighted by Gasteiger charge is -2.39. The molecule has 0 aromatic carbocycles. The summed E-state index contributed by atoms with van der Waals surface area (Å²) < 4.78 is 70.2. The quantitative estimate of drug-likeness (QED) is 0.0297. The van der Waals surface area contributed by atoms with Crippen LogP contribution >= 0.6 is 0 Å². The molecule has 7 aliphatic rings. The number of hydrogen-bond acceptors (Lipinski definition) is 49. The largest absolute Gasteiger partial charge is 0.394 e. The molecule has 0 aromatic heterocycles. The van der Waals surface area contributed by atoms with E-state index in [2.05, 4.69) is 0 Å². The Morgan fingerprint density at radius 3 is 0.472 bits per heavy atom. The zero-order valence-electron chi connectivity index (χ0n) is 69.0. The maximum Gasteiger partial charge on any atom is 0.249 e. The third kappa shape index (κ3) is 33.8. The molecule has 0 saturated carbocycles. The van der Waals surface area contributed by atoms with E-state index in [0.29, 0.717) is 6.42 Å². The van der Waals surface area contributed by atoms with Gasteiger partial charge in [0.25, 0.3) is 0 Å². The molecule has 7 heterocycles. The van der Waals surface area contributed by atoms with Crippen LogP contribution in [0.15, 0.2) is 0 Å². The fraction of sp³-hybridized carbons (Fsp3) is 0.836. The summed E-state index contributed by atoms with van der Waals surface area (Å²) >= 11 is 0. The van der Waals surface area contributed by atoms with E-state index >= 15 is 0 Å². The highest BCUT2D eigenvalue weighted by atomic mass is 16.8. The van der Waals surface area contributed by atoms with Crippen molar-refractivity contribution in [3.63, 3.8) is 0 Å². The Bertz CT molecular complexity index is 3020. The number of amides is 11. The van der Waals surface area contributed by atoms with Gasteiger partial charge in [-0.1, -0.05) is 27.7 Å². The highest BCUT2D eigenvalue weighted by Crippen LogP contribution is 2.31. The lowest BCUT2D eigenvalue weighted by molar-refractivity contribution is -0.301. The zero-order valence-corrected chi connectivity index (χ0v) is 69.0. The fourth-order valence-corrected chi connectivity index (χ4v) is 11.2. The van der Waals surface area contributed by atoms with Gasteiger partial charge in [0.15, 0.2) is 92.9 Å². The van der Waals surface area contributed by atoms with E-state index in [1.165, 1.54) is 13.8 Å². The SMILES string of the molecule is CC(CO)O[C@@H]1OC(C(N)=O)[C@@H](O)C(O)[C@H]1O.CC(CO)O[C@@H]1OC(C(N)=O)[C@H](O)C(O)[C@@H]1O.CCC(C)O[C@@H]1OC(C(N)=O)[C@@H](O)C(O)[C@H]1O.CCC(O[C@@H]1OC(C(N)=O)[C@@H](O)C(O)[C@H]1O)C(N)=O.CCC(O[C@@H]1OC(C(N)=O)[C@H](O)C(O)[C@@H]1O)C(N)=O.CCC(O[C@@H]1OC(C(N)=O)[C@H](O)C(O)[C@@H]1O)C(N)=O.NC(=O)C(CO)O[C@@H]1OC(C(N)=O)[C@@H](O)C(O)[C@@H]1O. The van der Waals surface area contributed by atoms with Gasteiger partial charge in [-0.3, -0.25) is 52.7 Å². The zero-order chi connectivity index (χ0) is 98.4. The van der Waals surface area contributed by atoms with Crippen LogP contribution in [0.4, 0.5) is 0 Å². The molecule has 7 fully saturated rings. The van der Waals surface area contributed by atoms with E-state index in [1.54, 1.807) is 27.7 Å². The van der Waals surface area contributed by atoms with Gasteiger partial charge in [0.1, 0.15) is 146 Å². The number of nitrogens with two attached hydrogens (primary N) is 11. The number of carbonyl (C=O) groups excluding carboxylic acids is 11. The van der Waals surface area contributed by atoms with Crippen LogP contribution in [0.5, 0.6) is 0 Å². The van der Waals surface area contributed by atoms with Crippen LogP contribution in [0.2, 0.25) is 0 Å². The van der Waals surface area contributed by atoms with Crippen LogP contribution in [0, 0.1) is 0 Å². The minimum atomic E-state index is -1.77. The predicted octanol–water partition coefficient (Wildman–Crippen LogP) is -23.7. The third-order valence-electron chi connectivity index (χ3n) is 18.9. The monoisotopic (exact) mass is 1870 g/mol. The maximum atomic E-state index is 11.0. The Morgan fingerprint density at radius 1 is 0.213 bits per heavy atom. The average molecular weight is 1870 g/mol. The highest BCUT2D eigenvalue weighted by Gasteiger charge is 2.54. The Hall–Kier alpha value is -7.35. The molecule has 21 unspecified atom stereocenters. The second-order valence-electron chi connectivity index (χ2n) is 28.7. The molecule has 0 radical (unpaired) electrons. The number of hydrogen-bond donors (Lipinski definition) is 35. The van der Waals surface area contributed by atoms with Crippen molar-refractivity contribution in [2.75, 3.05) is 19.8 Å². The summed E-state index contributed by atoms with van der Waals surface area (Å²) in [4.78, 5) is 121. The minimum absolute atomic E-state index is 0.210. The summed E-state index contributed by atoms with van der Waals surface area (Å²) in [7, 11) is 0. The second-order valence-corrected chi connectivity index (χ2v) is 28.7. The van der Waals surface area contributed by atoms with Gasteiger partial charge in [0.05, 0.1) is 38.1 Å². The molecule has 42 atom stereocenters. The van der Waals surface area contributed by atoms with Crippen molar-refractivity contribution in [3.8, 4) is 0 Å². The topological polar surface area (TPSA) is 1090 Å². The molecule has 0 aliphatic carbocycles. The molecule has 11 amide bonds. The van der Waals surface area contributed by atoms with E-state index in [9.17, 15) is 160 Å². The summed E-state index contributed by atoms with van der Waals surface area (Å²) in [5.41, 5.74) is 54.9. The van der Waals surface area contributed by atoms with E-state index in [4.69, 9.17) is 145 Å². The lowest BCUT2D eigenvalue weighted by Crippen LogP contribution is -2.62. The third-order valence-corrected chi connectivity index (χ3v) is 18.9. The first-order chi connectivity index (χ1) is 58.8. The van der Waals surface area contributed by atoms with Crippen molar-refractivity contribution >= 4 is 65.0 Å². The van der Waals surface area contributed by atoms with Gasteiger partial charge < -0.3 is 252 Å². The molecule has 0 spiro atoms. The van der Waals surface area contributed by atoms with Gasteiger partial charge in [0.2, 0.25) is 65.0 Å². The second kappa shape index (κ2) is 55.1. The molecule has 60 nitrogen and oxygen atoms in total. The van der Waals surface area contributed by atoms with Gasteiger partial charge in [-0.15, -0.1) is 0 Å². The van der Waals surface area contributed by atoms with Gasteiger partial charge in [-0.2, -0.15) is 0 Å². The van der Waals surface area contributed by atoms with Crippen molar-refractivity contribution < 1.29 is 242 Å². The molecule has 7 saturated heterocycles. The highest BCUT2D eigenvalue weighted by molar-refractivity contribution is 5.83. The molecule has 0 aromatic rings. The van der Waals surface area contributed by atoms with Crippen molar-refractivity contribution in [3.05, 3.63) is 0 Å². The van der Waals surface area contributed by atoms with Crippen molar-refractivity contribution in [1.29, 1.82) is 0 Å². The Kier molecular flexibility index (Phi) is 51.0. The van der Waals surface area contributed by atoms with Crippen LogP contribution in [0.3, 0.4) is 0 Å². The van der Waals surface area contributed by atoms with Crippen LogP contribution in [0.1, 0.15) is 74.1 Å². The molecule has 0 bridgehead atoms. The van der Waals surface area contributed by atoms with Gasteiger partial charge in [-0.25, -0.2) is 0 Å². The normalized spacial score (nSPS) is 38.0. The van der Waals surface area contributed by atoms with Crippen molar-refractivity contribution in [2.45, 2.75) is 332 Å². The van der Waals surface area contributed by atoms with Gasteiger partial charge in [0, 0.05) is 0 Å². The summed E-state index contributed by atoms with van der Waals surface area (Å²) in [5.74, 6) is -10.4. The molecule has 7 rings (SSSR count). The molecule has 7 aliphatic heterocycles. The first kappa shape index (κ1) is 118. The van der Waals surface area contributed by atoms with Crippen molar-refractivity contribution in [2.24, 2.45) is 63.1 Å². The summed E-state index contributed by atoms with van der Waals surface area (Å²) in [6, 6.07) is 0. The minimum Gasteiger partial charge on any atom is -0.394 e. The summed E-state index contributed by atoms with van der Waals surface area (Å²) in [6.07, 6.45) is -59.8. The lowest BCUT2D eigenvalue weighted by atomic mass is 9.98. The van der Waals surface area contributed by atoms with Crippen LogP contribution in [0.25, 0.3) is 0 Å². The Balaban J connectivity index is 0.000000741. The van der Waals surface area contributed by atoms with Crippen molar-refractivity contribution in [1.82, 2.24) is 0 Å². The van der Waals surface area contributed by atoms with Crippen LogP contribution < -0.4 is 63.1 Å². The first-order valence-electron chi connectivity index (χ1n) is 38.3. The van der Waals surface area contributed by atoms with E-state index in [0.717, 1.165) is 0 Å². The van der Waals surface area contributed by atoms with E-state index in [1.807, 2.05) is 6.92 Å². The molecular weight excluding hydrogens is 1740 g/mol. The molecule has 127 heavy (non-hydrogen) atoms. The summed E-state index contributed by atoms with van der Waals surface area (Å²) in [6.45, 7) is 10.0. The predicted molar refractivity (Wildman–Crippen MR) is 401 cm³/mol.